The van der Waals surface area contributed by atoms with Crippen LogP contribution in [0.15, 0.2) is 29.2 Å². The van der Waals surface area contributed by atoms with Gasteiger partial charge in [-0.3, -0.25) is 19.4 Å². The number of carbonyl (C=O) groups is 3. The van der Waals surface area contributed by atoms with E-state index in [1.165, 1.54) is 29.1 Å². The summed E-state index contributed by atoms with van der Waals surface area (Å²) >= 11 is 0. The first-order chi connectivity index (χ1) is 13.2. The maximum absolute atomic E-state index is 12.9. The number of nitrogens with one attached hydrogen (secondary N) is 1. The zero-order valence-electron chi connectivity index (χ0n) is 16.3. The number of benzene rings is 1. The number of carbonyl (C=O) groups excluding carboxylic acids is 3. The Morgan fingerprint density at radius 3 is 2.39 bits per heavy atom. The lowest BCUT2D eigenvalue weighted by Gasteiger charge is -2.28. The third-order valence-corrected chi connectivity index (χ3v) is 5.67. The lowest BCUT2D eigenvalue weighted by atomic mass is 10.2. The summed E-state index contributed by atoms with van der Waals surface area (Å²) < 4.78 is 24.0. The molecule has 1 aliphatic rings. The quantitative estimate of drug-likeness (QED) is 0.653. The number of amides is 3. The Labute approximate surface area is 165 Å². The topological polar surface area (TPSA) is 104 Å². The lowest BCUT2D eigenvalue weighted by Crippen LogP contribution is -2.45. The van der Waals surface area contributed by atoms with Gasteiger partial charge < -0.3 is 5.32 Å². The van der Waals surface area contributed by atoms with Crippen molar-refractivity contribution in [3.05, 3.63) is 29.8 Å². The third-order valence-electron chi connectivity index (χ3n) is 4.51. The molecule has 3 amide bonds. The van der Waals surface area contributed by atoms with Crippen molar-refractivity contribution in [1.29, 1.82) is 0 Å². The molecule has 0 aromatic heterocycles. The number of sulfone groups is 1. The molecule has 1 saturated heterocycles. The van der Waals surface area contributed by atoms with Crippen LogP contribution in [-0.2, 0) is 19.4 Å². The Hall–Kier alpha value is -2.42. The first-order valence-corrected chi connectivity index (χ1v) is 11.3. The molecule has 9 heteroatoms. The van der Waals surface area contributed by atoms with Crippen LogP contribution in [0.4, 0.5) is 0 Å². The molecule has 2 rings (SSSR count). The molecule has 1 aromatic rings. The highest BCUT2D eigenvalue weighted by atomic mass is 32.2. The highest BCUT2D eigenvalue weighted by Crippen LogP contribution is 2.22. The summed E-state index contributed by atoms with van der Waals surface area (Å²) in [7, 11) is -3.56. The number of rotatable bonds is 8. The van der Waals surface area contributed by atoms with Crippen LogP contribution in [0.2, 0.25) is 0 Å². The summed E-state index contributed by atoms with van der Waals surface area (Å²) in [5, 5.41) is 5.49. The summed E-state index contributed by atoms with van der Waals surface area (Å²) in [6.07, 6.45) is 4.27. The van der Waals surface area contributed by atoms with Gasteiger partial charge in [0, 0.05) is 39.2 Å². The second-order valence-electron chi connectivity index (χ2n) is 6.86. The Kier molecular flexibility index (Phi) is 7.56. The number of hydrogen-bond donors (Lipinski definition) is 1. The van der Waals surface area contributed by atoms with E-state index in [0.29, 0.717) is 38.9 Å². The summed E-state index contributed by atoms with van der Waals surface area (Å²) in [6, 6.07) is 6.06. The predicted molar refractivity (Wildman–Crippen MR) is 104 cm³/mol. The van der Waals surface area contributed by atoms with Crippen molar-refractivity contribution in [3.8, 4) is 0 Å². The van der Waals surface area contributed by atoms with Crippen LogP contribution in [0.3, 0.4) is 0 Å². The molecule has 1 N–H and O–H groups in total. The van der Waals surface area contributed by atoms with Crippen molar-refractivity contribution in [2.75, 3.05) is 25.9 Å². The van der Waals surface area contributed by atoms with Gasteiger partial charge in [-0.25, -0.2) is 13.4 Å². The van der Waals surface area contributed by atoms with Crippen LogP contribution in [-0.4, -0.2) is 62.0 Å². The molecular weight excluding hydrogens is 382 g/mol. The van der Waals surface area contributed by atoms with Gasteiger partial charge in [0.05, 0.1) is 10.5 Å². The van der Waals surface area contributed by atoms with Crippen LogP contribution in [0, 0.1) is 0 Å². The Morgan fingerprint density at radius 2 is 1.71 bits per heavy atom. The second-order valence-corrected chi connectivity index (χ2v) is 8.84. The van der Waals surface area contributed by atoms with Gasteiger partial charge in [0.1, 0.15) is 0 Å². The zero-order chi connectivity index (χ0) is 20.7. The average molecular weight is 410 g/mol. The van der Waals surface area contributed by atoms with Crippen molar-refractivity contribution >= 4 is 27.6 Å². The number of nitrogens with zero attached hydrogens (tertiary/aromatic N) is 2. The Morgan fingerprint density at radius 1 is 1.04 bits per heavy atom. The monoisotopic (exact) mass is 409 g/mol. The van der Waals surface area contributed by atoms with Crippen molar-refractivity contribution in [2.24, 2.45) is 0 Å². The number of unbranched alkanes of at least 4 members (excludes halogenated alkanes) is 2. The van der Waals surface area contributed by atoms with Crippen LogP contribution in [0.25, 0.3) is 0 Å². The van der Waals surface area contributed by atoms with Crippen LogP contribution in [0.1, 0.15) is 49.4 Å². The lowest BCUT2D eigenvalue weighted by molar-refractivity contribution is -0.140. The van der Waals surface area contributed by atoms with Gasteiger partial charge in [-0.15, -0.1) is 0 Å². The minimum Gasteiger partial charge on any atom is -0.356 e. The van der Waals surface area contributed by atoms with Gasteiger partial charge in [-0.1, -0.05) is 18.6 Å². The molecule has 28 heavy (non-hydrogen) atoms. The molecule has 154 valence electrons. The maximum Gasteiger partial charge on any atom is 0.273 e. The molecule has 0 radical (unpaired) electrons. The van der Waals surface area contributed by atoms with E-state index >= 15 is 0 Å². The highest BCUT2D eigenvalue weighted by Gasteiger charge is 2.32. The molecule has 0 atom stereocenters. The average Bonchev–Trinajstić information content (AvgIpc) is 3.12. The van der Waals surface area contributed by atoms with E-state index in [1.54, 1.807) is 12.1 Å². The molecule has 1 heterocycles. The SMILES string of the molecule is CC(=O)NCCCCCC(=O)N1CCCN1C(=O)c1ccccc1S(C)(=O)=O. The summed E-state index contributed by atoms with van der Waals surface area (Å²) in [4.78, 5) is 36.3. The van der Waals surface area contributed by atoms with E-state index in [4.69, 9.17) is 0 Å². The Balaban J connectivity index is 1.98. The Bertz CT molecular complexity index is 838. The van der Waals surface area contributed by atoms with Crippen LogP contribution < -0.4 is 5.32 Å². The van der Waals surface area contributed by atoms with E-state index < -0.39 is 15.7 Å². The van der Waals surface area contributed by atoms with Crippen LogP contribution in [0.5, 0.6) is 0 Å². The van der Waals surface area contributed by atoms with Gasteiger partial charge in [0.2, 0.25) is 11.8 Å². The largest absolute Gasteiger partial charge is 0.356 e. The maximum atomic E-state index is 12.9. The minimum atomic E-state index is -3.56. The number of hydrazine groups is 1. The van der Waals surface area contributed by atoms with Crippen LogP contribution >= 0.6 is 0 Å². The van der Waals surface area contributed by atoms with Gasteiger partial charge >= 0.3 is 0 Å². The number of hydrogen-bond acceptors (Lipinski definition) is 5. The standard InChI is InChI=1S/C19H27N3O5S/c1-15(23)20-12-7-3-4-11-18(24)21-13-8-14-22(21)19(25)16-9-5-6-10-17(16)28(2,26)27/h5-6,9-10H,3-4,7-8,11-14H2,1-2H3,(H,20,23). The second kappa shape index (κ2) is 9.68. The molecule has 0 aliphatic carbocycles. The van der Waals surface area contributed by atoms with Gasteiger partial charge in [0.25, 0.3) is 5.91 Å². The third kappa shape index (κ3) is 5.79. The van der Waals surface area contributed by atoms with Gasteiger partial charge in [-0.2, -0.15) is 0 Å². The summed E-state index contributed by atoms with van der Waals surface area (Å²) in [6.45, 7) is 2.87. The van der Waals surface area contributed by atoms with Crippen molar-refractivity contribution in [2.45, 2.75) is 43.9 Å². The fourth-order valence-corrected chi connectivity index (χ4v) is 4.04. The first kappa shape index (κ1) is 21.9. The molecule has 1 aliphatic heterocycles. The van der Waals surface area contributed by atoms with E-state index in [1.807, 2.05) is 0 Å². The predicted octanol–water partition coefficient (Wildman–Crippen LogP) is 1.38. The summed E-state index contributed by atoms with van der Waals surface area (Å²) in [5.41, 5.74) is 0.0833. The van der Waals surface area contributed by atoms with Gasteiger partial charge in [0.15, 0.2) is 9.84 Å². The molecule has 0 spiro atoms. The van der Waals surface area contributed by atoms with E-state index in [2.05, 4.69) is 5.32 Å². The molecule has 1 fully saturated rings. The van der Waals surface area contributed by atoms with Gasteiger partial charge in [-0.05, 0) is 31.4 Å². The van der Waals surface area contributed by atoms with Crippen molar-refractivity contribution in [1.82, 2.24) is 15.3 Å². The molecule has 1 aromatic carbocycles. The van der Waals surface area contributed by atoms with E-state index in [9.17, 15) is 22.8 Å². The molecule has 0 bridgehead atoms. The van der Waals surface area contributed by atoms with E-state index in [0.717, 1.165) is 19.1 Å². The molecule has 0 saturated carbocycles. The summed E-state index contributed by atoms with van der Waals surface area (Å²) in [5.74, 6) is -0.698. The smallest absolute Gasteiger partial charge is 0.273 e. The first-order valence-electron chi connectivity index (χ1n) is 9.37. The highest BCUT2D eigenvalue weighted by molar-refractivity contribution is 7.90. The van der Waals surface area contributed by atoms with Crippen molar-refractivity contribution < 1.29 is 22.8 Å². The zero-order valence-corrected chi connectivity index (χ0v) is 17.1. The minimum absolute atomic E-state index is 0.0303. The molecular formula is C19H27N3O5S. The van der Waals surface area contributed by atoms with Crippen molar-refractivity contribution in [3.63, 3.8) is 0 Å². The normalized spacial score (nSPS) is 14.2. The van der Waals surface area contributed by atoms with E-state index in [-0.39, 0.29) is 22.3 Å². The fraction of sp³-hybridized carbons (Fsp3) is 0.526. The fourth-order valence-electron chi connectivity index (χ4n) is 3.16. The molecule has 0 unspecified atom stereocenters. The molecule has 8 nitrogen and oxygen atoms in total.